The van der Waals surface area contributed by atoms with Crippen molar-refractivity contribution in [2.45, 2.75) is 12.8 Å². The van der Waals surface area contributed by atoms with Crippen LogP contribution in [0.25, 0.3) is 0 Å². The van der Waals surface area contributed by atoms with Gasteiger partial charge in [-0.15, -0.1) is 0 Å². The zero-order valence-corrected chi connectivity index (χ0v) is 8.81. The minimum atomic E-state index is 0.172. The molecule has 0 saturated heterocycles. The number of rotatable bonds is 3. The number of aromatic hydroxyl groups is 1. The third kappa shape index (κ3) is 1.66. The summed E-state index contributed by atoms with van der Waals surface area (Å²) in [5, 5.41) is 9.82. The van der Waals surface area contributed by atoms with Crippen LogP contribution in [0.2, 0.25) is 0 Å². The Balaban J connectivity index is 2.39. The first-order valence-electron chi connectivity index (χ1n) is 5.16. The van der Waals surface area contributed by atoms with Crippen molar-refractivity contribution in [1.29, 1.82) is 0 Å². The van der Waals surface area contributed by atoms with Crippen LogP contribution in [0.15, 0.2) is 18.2 Å². The average Bonchev–Trinajstić information content (AvgIpc) is 2.59. The van der Waals surface area contributed by atoms with Crippen LogP contribution in [0.1, 0.15) is 18.4 Å². The number of nitrogens with zero attached hydrogens (tertiary/aromatic N) is 1. The van der Waals surface area contributed by atoms with Crippen molar-refractivity contribution in [2.24, 2.45) is 5.90 Å². The highest BCUT2D eigenvalue weighted by molar-refractivity contribution is 5.65. The molecule has 4 heteroatoms. The Bertz CT molecular complexity index is 354. The van der Waals surface area contributed by atoms with Crippen molar-refractivity contribution in [3.63, 3.8) is 0 Å². The predicted octanol–water partition coefficient (Wildman–Crippen LogP) is 1.21. The van der Waals surface area contributed by atoms with Crippen molar-refractivity contribution < 1.29 is 9.94 Å². The lowest BCUT2D eigenvalue weighted by molar-refractivity contribution is 0.125. The molecule has 1 heterocycles. The summed E-state index contributed by atoms with van der Waals surface area (Å²) in [7, 11) is 0. The van der Waals surface area contributed by atoms with Crippen LogP contribution >= 0.6 is 0 Å². The van der Waals surface area contributed by atoms with E-state index >= 15 is 0 Å². The Kier molecular flexibility index (Phi) is 2.79. The fourth-order valence-electron chi connectivity index (χ4n) is 2.24. The van der Waals surface area contributed by atoms with E-state index in [0.717, 1.165) is 24.3 Å². The lowest BCUT2D eigenvalue weighted by Crippen LogP contribution is -2.23. The molecule has 1 atom stereocenters. The molecule has 0 fully saturated rings. The molecule has 0 spiro atoms. The summed E-state index contributed by atoms with van der Waals surface area (Å²) in [5.41, 5.74) is 2.06. The first kappa shape index (κ1) is 10.3. The van der Waals surface area contributed by atoms with Crippen LogP contribution in [0.5, 0.6) is 5.75 Å². The van der Waals surface area contributed by atoms with E-state index in [9.17, 15) is 5.11 Å². The summed E-state index contributed by atoms with van der Waals surface area (Å²) in [5.74, 6) is 5.61. The molecule has 2 rings (SSSR count). The molecule has 1 unspecified atom stereocenters. The van der Waals surface area contributed by atoms with Crippen LogP contribution in [-0.2, 0) is 4.84 Å². The second-order valence-electron chi connectivity index (χ2n) is 3.78. The van der Waals surface area contributed by atoms with Crippen molar-refractivity contribution in [1.82, 2.24) is 0 Å². The fraction of sp³-hybridized carbons (Fsp3) is 0.455. The SMILES string of the molecule is CCN1CC(CON)c2c(O)cccc21. The van der Waals surface area contributed by atoms with Gasteiger partial charge in [-0.1, -0.05) is 6.07 Å². The van der Waals surface area contributed by atoms with Crippen molar-refractivity contribution in [2.75, 3.05) is 24.6 Å². The molecule has 4 nitrogen and oxygen atoms in total. The number of hydrogen-bond acceptors (Lipinski definition) is 4. The Hall–Kier alpha value is -1.26. The smallest absolute Gasteiger partial charge is 0.121 e. The number of nitrogens with two attached hydrogens (primary N) is 1. The number of likely N-dealkylation sites (N-methyl/N-ethyl adjacent to an activating group) is 1. The summed E-state index contributed by atoms with van der Waals surface area (Å²) in [6, 6.07) is 5.60. The summed E-state index contributed by atoms with van der Waals surface area (Å²) in [4.78, 5) is 6.91. The highest BCUT2D eigenvalue weighted by Crippen LogP contribution is 2.41. The highest BCUT2D eigenvalue weighted by atomic mass is 16.6. The van der Waals surface area contributed by atoms with Gasteiger partial charge in [-0.2, -0.15) is 0 Å². The Morgan fingerprint density at radius 3 is 3.07 bits per heavy atom. The van der Waals surface area contributed by atoms with Gasteiger partial charge < -0.3 is 14.8 Å². The van der Waals surface area contributed by atoms with Gasteiger partial charge in [0.05, 0.1) is 6.61 Å². The minimum absolute atomic E-state index is 0.172. The van der Waals surface area contributed by atoms with Crippen LogP contribution in [-0.4, -0.2) is 24.8 Å². The van der Waals surface area contributed by atoms with E-state index in [-0.39, 0.29) is 5.92 Å². The largest absolute Gasteiger partial charge is 0.508 e. The molecular formula is C11H16N2O2. The number of anilines is 1. The molecular weight excluding hydrogens is 192 g/mol. The number of hydrogen-bond donors (Lipinski definition) is 2. The second kappa shape index (κ2) is 4.08. The summed E-state index contributed by atoms with van der Waals surface area (Å²) in [6.07, 6.45) is 0. The molecule has 1 aliphatic heterocycles. The molecule has 0 aromatic heterocycles. The van der Waals surface area contributed by atoms with Crippen molar-refractivity contribution in [3.8, 4) is 5.75 Å². The lowest BCUT2D eigenvalue weighted by atomic mass is 10.0. The number of benzene rings is 1. The van der Waals surface area contributed by atoms with Gasteiger partial charge >= 0.3 is 0 Å². The van der Waals surface area contributed by atoms with Crippen LogP contribution in [0.3, 0.4) is 0 Å². The maximum Gasteiger partial charge on any atom is 0.121 e. The van der Waals surface area contributed by atoms with Crippen LogP contribution in [0.4, 0.5) is 5.69 Å². The number of phenolic OH excluding ortho intramolecular Hbond substituents is 1. The third-order valence-electron chi connectivity index (χ3n) is 2.93. The first-order chi connectivity index (χ1) is 7.27. The van der Waals surface area contributed by atoms with E-state index in [1.54, 1.807) is 6.07 Å². The lowest BCUT2D eigenvalue weighted by Gasteiger charge is -2.16. The summed E-state index contributed by atoms with van der Waals surface area (Å²) < 4.78 is 0. The molecule has 1 aromatic carbocycles. The number of fused-ring (bicyclic) bond motifs is 1. The minimum Gasteiger partial charge on any atom is -0.508 e. The van der Waals surface area contributed by atoms with Crippen molar-refractivity contribution >= 4 is 5.69 Å². The van der Waals surface area contributed by atoms with E-state index in [2.05, 4.69) is 11.8 Å². The topological polar surface area (TPSA) is 58.7 Å². The van der Waals surface area contributed by atoms with Crippen molar-refractivity contribution in [3.05, 3.63) is 23.8 Å². The van der Waals surface area contributed by atoms with E-state index in [4.69, 9.17) is 10.7 Å². The molecule has 15 heavy (non-hydrogen) atoms. The summed E-state index contributed by atoms with van der Waals surface area (Å²) in [6.45, 7) is 4.33. The van der Waals surface area contributed by atoms with Gasteiger partial charge in [-0.3, -0.25) is 0 Å². The fourth-order valence-corrected chi connectivity index (χ4v) is 2.24. The molecule has 0 bridgehead atoms. The zero-order chi connectivity index (χ0) is 10.8. The quantitative estimate of drug-likeness (QED) is 0.733. The molecule has 3 N–H and O–H groups in total. The van der Waals surface area contributed by atoms with Crippen LogP contribution in [0, 0.1) is 0 Å². The molecule has 82 valence electrons. The second-order valence-corrected chi connectivity index (χ2v) is 3.78. The zero-order valence-electron chi connectivity index (χ0n) is 8.81. The van der Waals surface area contributed by atoms with E-state index in [0.29, 0.717) is 12.4 Å². The van der Waals surface area contributed by atoms with Gasteiger partial charge in [0.1, 0.15) is 5.75 Å². The highest BCUT2D eigenvalue weighted by Gasteiger charge is 2.30. The van der Waals surface area contributed by atoms with Gasteiger partial charge in [0.25, 0.3) is 0 Å². The molecule has 0 radical (unpaired) electrons. The number of phenols is 1. The Morgan fingerprint density at radius 1 is 1.60 bits per heavy atom. The summed E-state index contributed by atoms with van der Waals surface area (Å²) >= 11 is 0. The van der Waals surface area contributed by atoms with E-state index in [1.807, 2.05) is 12.1 Å². The van der Waals surface area contributed by atoms with Gasteiger partial charge in [-0.05, 0) is 19.1 Å². The third-order valence-corrected chi connectivity index (χ3v) is 2.93. The van der Waals surface area contributed by atoms with E-state index in [1.165, 1.54) is 0 Å². The Morgan fingerprint density at radius 2 is 2.40 bits per heavy atom. The normalized spacial score (nSPS) is 19.3. The molecule has 1 aromatic rings. The van der Waals surface area contributed by atoms with Gasteiger partial charge in [0.2, 0.25) is 0 Å². The van der Waals surface area contributed by atoms with Gasteiger partial charge in [0.15, 0.2) is 0 Å². The van der Waals surface area contributed by atoms with Gasteiger partial charge in [-0.25, -0.2) is 5.90 Å². The maximum absolute atomic E-state index is 9.82. The molecule has 0 saturated carbocycles. The molecule has 0 amide bonds. The molecule has 0 aliphatic carbocycles. The maximum atomic E-state index is 9.82. The predicted molar refractivity (Wildman–Crippen MR) is 58.9 cm³/mol. The Labute approximate surface area is 89.2 Å². The van der Waals surface area contributed by atoms with Gasteiger partial charge in [0, 0.05) is 30.3 Å². The van der Waals surface area contributed by atoms with Crippen LogP contribution < -0.4 is 10.8 Å². The van der Waals surface area contributed by atoms with E-state index < -0.39 is 0 Å². The molecule has 1 aliphatic rings. The first-order valence-corrected chi connectivity index (χ1v) is 5.16. The standard InChI is InChI=1S/C11H16N2O2/c1-2-13-6-8(7-15-12)11-9(13)4-3-5-10(11)14/h3-5,8,14H,2,6-7,12H2,1H3. The monoisotopic (exact) mass is 208 g/mol. The average molecular weight is 208 g/mol.